The Balaban J connectivity index is 1.19. The second kappa shape index (κ2) is 8.48. The number of para-hydroxylation sites is 1. The number of hydrogen-bond donors (Lipinski definition) is 0. The van der Waals surface area contributed by atoms with Crippen LogP contribution in [0.3, 0.4) is 0 Å². The topological polar surface area (TPSA) is 51.2 Å². The van der Waals surface area contributed by atoms with Crippen LogP contribution in [0, 0.1) is 5.92 Å². The zero-order valence-corrected chi connectivity index (χ0v) is 16.0. The number of nitrogens with zero attached hydrogens (tertiary/aromatic N) is 2. The maximum atomic E-state index is 12.3. The summed E-state index contributed by atoms with van der Waals surface area (Å²) in [5, 5.41) is 0. The largest absolute Gasteiger partial charge is 0.492 e. The van der Waals surface area contributed by atoms with Crippen molar-refractivity contribution in [3.8, 4) is 5.75 Å². The van der Waals surface area contributed by atoms with E-state index in [1.165, 1.54) is 12.8 Å². The fourth-order valence-electron chi connectivity index (χ4n) is 4.28. The normalized spacial score (nSPS) is 25.1. The maximum Gasteiger partial charge on any atom is 0.410 e. The number of piperidine rings is 1. The molecule has 3 fully saturated rings. The molecule has 0 bridgehead atoms. The Bertz CT molecular complexity index is 610. The van der Waals surface area contributed by atoms with Crippen molar-refractivity contribution in [3.05, 3.63) is 30.3 Å². The summed E-state index contributed by atoms with van der Waals surface area (Å²) in [7, 11) is 0. The highest BCUT2D eigenvalue weighted by atomic mass is 16.6. The number of likely N-dealkylation sites (tertiary alicyclic amines) is 1. The van der Waals surface area contributed by atoms with Gasteiger partial charge in [-0.2, -0.15) is 0 Å². The van der Waals surface area contributed by atoms with Crippen molar-refractivity contribution in [2.24, 2.45) is 5.92 Å². The molecule has 27 heavy (non-hydrogen) atoms. The molecule has 148 valence electrons. The first kappa shape index (κ1) is 18.6. The summed E-state index contributed by atoms with van der Waals surface area (Å²) in [6.45, 7) is 6.75. The Labute approximate surface area is 161 Å². The Morgan fingerprint density at radius 1 is 1.15 bits per heavy atom. The first-order valence-electron chi connectivity index (χ1n) is 10.2. The molecule has 0 N–H and O–H groups in total. The Morgan fingerprint density at radius 2 is 1.96 bits per heavy atom. The second-order valence-electron chi connectivity index (χ2n) is 7.99. The summed E-state index contributed by atoms with van der Waals surface area (Å²) < 4.78 is 17.0. The second-order valence-corrected chi connectivity index (χ2v) is 7.99. The number of hydrogen-bond acceptors (Lipinski definition) is 5. The standard InChI is InChI=1S/C21H30N2O4/c24-20-23(13-15-26-19-4-2-1-3-5-19)17-21(27-20)8-11-22(12-9-21)10-6-18-7-14-25-16-18/h1-5,18H,6-17H2/t18-/m1/s1. The maximum absolute atomic E-state index is 12.3. The fourth-order valence-corrected chi connectivity index (χ4v) is 4.28. The van der Waals surface area contributed by atoms with Gasteiger partial charge in [-0.05, 0) is 37.4 Å². The minimum Gasteiger partial charge on any atom is -0.492 e. The molecule has 3 saturated heterocycles. The number of carbonyl (C=O) groups is 1. The number of benzene rings is 1. The fraction of sp³-hybridized carbons (Fsp3) is 0.667. The lowest BCUT2D eigenvalue weighted by atomic mass is 9.91. The molecular formula is C21H30N2O4. The summed E-state index contributed by atoms with van der Waals surface area (Å²) in [6, 6.07) is 9.71. The van der Waals surface area contributed by atoms with Crippen LogP contribution in [-0.4, -0.2) is 74.0 Å². The van der Waals surface area contributed by atoms with Crippen LogP contribution in [0.2, 0.25) is 0 Å². The summed E-state index contributed by atoms with van der Waals surface area (Å²) in [4.78, 5) is 16.6. The van der Waals surface area contributed by atoms with E-state index < -0.39 is 0 Å². The molecule has 0 aliphatic carbocycles. The van der Waals surface area contributed by atoms with Crippen LogP contribution in [-0.2, 0) is 9.47 Å². The van der Waals surface area contributed by atoms with E-state index >= 15 is 0 Å². The number of amides is 1. The molecule has 0 radical (unpaired) electrons. The molecule has 1 aromatic rings. The van der Waals surface area contributed by atoms with Gasteiger partial charge < -0.3 is 24.0 Å². The quantitative estimate of drug-likeness (QED) is 0.735. The number of ether oxygens (including phenoxy) is 3. The third-order valence-electron chi connectivity index (χ3n) is 6.06. The molecule has 3 aliphatic heterocycles. The Morgan fingerprint density at radius 3 is 2.70 bits per heavy atom. The molecular weight excluding hydrogens is 344 g/mol. The van der Waals surface area contributed by atoms with E-state index in [0.717, 1.165) is 57.4 Å². The van der Waals surface area contributed by atoms with Gasteiger partial charge in [0.05, 0.1) is 13.1 Å². The van der Waals surface area contributed by atoms with Gasteiger partial charge in [-0.3, -0.25) is 0 Å². The summed E-state index contributed by atoms with van der Waals surface area (Å²) in [5.74, 6) is 1.56. The van der Waals surface area contributed by atoms with Crippen molar-refractivity contribution in [3.63, 3.8) is 0 Å². The average molecular weight is 374 g/mol. The van der Waals surface area contributed by atoms with Gasteiger partial charge in [0.15, 0.2) is 0 Å². The van der Waals surface area contributed by atoms with Crippen molar-refractivity contribution in [2.45, 2.75) is 31.3 Å². The minimum absolute atomic E-state index is 0.191. The molecule has 4 rings (SSSR count). The van der Waals surface area contributed by atoms with Crippen molar-refractivity contribution in [2.75, 3.05) is 52.5 Å². The number of carbonyl (C=O) groups excluding carboxylic acids is 1. The van der Waals surface area contributed by atoms with Gasteiger partial charge in [0, 0.05) is 39.1 Å². The molecule has 1 atom stereocenters. The van der Waals surface area contributed by atoms with Gasteiger partial charge in [0.1, 0.15) is 18.0 Å². The SMILES string of the molecule is O=C1OC2(CCN(CC[C@@H]3CCOC3)CC2)CN1CCOc1ccccc1. The van der Waals surface area contributed by atoms with E-state index in [-0.39, 0.29) is 11.7 Å². The smallest absolute Gasteiger partial charge is 0.410 e. The molecule has 6 nitrogen and oxygen atoms in total. The molecule has 0 aromatic heterocycles. The molecule has 0 unspecified atom stereocenters. The van der Waals surface area contributed by atoms with Gasteiger partial charge in [-0.15, -0.1) is 0 Å². The average Bonchev–Trinajstić information content (AvgIpc) is 3.31. The molecule has 1 spiro atoms. The summed E-state index contributed by atoms with van der Waals surface area (Å²) in [6.07, 6.45) is 4.08. The van der Waals surface area contributed by atoms with E-state index in [1.807, 2.05) is 30.3 Å². The van der Waals surface area contributed by atoms with Crippen LogP contribution in [0.5, 0.6) is 5.75 Å². The van der Waals surface area contributed by atoms with Crippen LogP contribution < -0.4 is 4.74 Å². The first-order chi connectivity index (χ1) is 13.2. The first-order valence-corrected chi connectivity index (χ1v) is 10.2. The molecule has 1 aromatic carbocycles. The van der Waals surface area contributed by atoms with Crippen LogP contribution in [0.4, 0.5) is 4.79 Å². The van der Waals surface area contributed by atoms with Gasteiger partial charge >= 0.3 is 6.09 Å². The van der Waals surface area contributed by atoms with Crippen molar-refractivity contribution >= 4 is 6.09 Å². The van der Waals surface area contributed by atoms with Crippen LogP contribution in [0.1, 0.15) is 25.7 Å². The molecule has 1 amide bonds. The van der Waals surface area contributed by atoms with Crippen LogP contribution in [0.25, 0.3) is 0 Å². The highest BCUT2D eigenvalue weighted by Gasteiger charge is 2.46. The van der Waals surface area contributed by atoms with Gasteiger partial charge in [0.2, 0.25) is 0 Å². The van der Waals surface area contributed by atoms with E-state index in [9.17, 15) is 4.79 Å². The summed E-state index contributed by atoms with van der Waals surface area (Å²) in [5.41, 5.74) is -0.295. The molecule has 3 heterocycles. The predicted molar refractivity (Wildman–Crippen MR) is 102 cm³/mol. The highest BCUT2D eigenvalue weighted by Crippen LogP contribution is 2.33. The molecule has 6 heteroatoms. The molecule has 0 saturated carbocycles. The van der Waals surface area contributed by atoms with Crippen molar-refractivity contribution < 1.29 is 19.0 Å². The monoisotopic (exact) mass is 374 g/mol. The predicted octanol–water partition coefficient (Wildman–Crippen LogP) is 2.78. The lowest BCUT2D eigenvalue weighted by molar-refractivity contribution is -0.000434. The number of rotatable bonds is 7. The van der Waals surface area contributed by atoms with Crippen molar-refractivity contribution in [1.82, 2.24) is 9.80 Å². The Hall–Kier alpha value is -1.79. The zero-order chi connectivity index (χ0) is 18.5. The van der Waals surface area contributed by atoms with Crippen molar-refractivity contribution in [1.29, 1.82) is 0 Å². The van der Waals surface area contributed by atoms with Gasteiger partial charge in [-0.1, -0.05) is 18.2 Å². The lowest BCUT2D eigenvalue weighted by Gasteiger charge is -2.37. The van der Waals surface area contributed by atoms with Crippen LogP contribution in [0.15, 0.2) is 30.3 Å². The van der Waals surface area contributed by atoms with E-state index in [2.05, 4.69) is 4.90 Å². The minimum atomic E-state index is -0.295. The third kappa shape index (κ3) is 4.74. The summed E-state index contributed by atoms with van der Waals surface area (Å²) >= 11 is 0. The van der Waals surface area contributed by atoms with E-state index in [1.54, 1.807) is 4.90 Å². The van der Waals surface area contributed by atoms with Gasteiger partial charge in [0.25, 0.3) is 0 Å². The Kier molecular flexibility index (Phi) is 5.83. The zero-order valence-electron chi connectivity index (χ0n) is 16.0. The van der Waals surface area contributed by atoms with Crippen LogP contribution >= 0.6 is 0 Å². The van der Waals surface area contributed by atoms with E-state index in [4.69, 9.17) is 14.2 Å². The highest BCUT2D eigenvalue weighted by molar-refractivity contribution is 5.70. The molecule has 3 aliphatic rings. The lowest BCUT2D eigenvalue weighted by Crippen LogP contribution is -2.47. The third-order valence-corrected chi connectivity index (χ3v) is 6.06. The van der Waals surface area contributed by atoms with E-state index in [0.29, 0.717) is 19.7 Å². The van der Waals surface area contributed by atoms with Gasteiger partial charge in [-0.25, -0.2) is 4.79 Å².